The summed E-state index contributed by atoms with van der Waals surface area (Å²) in [5.41, 5.74) is 4.53. The van der Waals surface area contributed by atoms with E-state index in [9.17, 15) is 0 Å². The van der Waals surface area contributed by atoms with Crippen LogP contribution in [0.15, 0.2) is 37.2 Å². The molecule has 2 N–H and O–H groups in total. The van der Waals surface area contributed by atoms with Crippen molar-refractivity contribution in [2.45, 2.75) is 19.0 Å². The predicted molar refractivity (Wildman–Crippen MR) is 84.3 cm³/mol. The Kier molecular flexibility index (Phi) is 3.55. The zero-order chi connectivity index (χ0) is 15.6. The van der Waals surface area contributed by atoms with Crippen LogP contribution in [0.4, 0.5) is 0 Å². The summed E-state index contributed by atoms with van der Waals surface area (Å²) < 4.78 is 7.27. The molecule has 3 heterocycles. The Labute approximate surface area is 133 Å². The lowest BCUT2D eigenvalue weighted by atomic mass is 9.96. The normalized spacial score (nSPS) is 17.0. The summed E-state index contributed by atoms with van der Waals surface area (Å²) in [5.74, 6) is 0.849. The van der Waals surface area contributed by atoms with Crippen molar-refractivity contribution in [1.82, 2.24) is 30.0 Å². The van der Waals surface area contributed by atoms with E-state index in [1.807, 2.05) is 6.07 Å². The molecule has 1 aliphatic rings. The van der Waals surface area contributed by atoms with E-state index in [2.05, 4.69) is 37.5 Å². The third kappa shape index (κ3) is 2.59. The van der Waals surface area contributed by atoms with E-state index in [1.54, 1.807) is 24.4 Å². The Balaban J connectivity index is 1.70. The molecular formula is C16H18N6O. The molecule has 1 aliphatic heterocycles. The van der Waals surface area contributed by atoms with E-state index in [0.717, 1.165) is 30.0 Å². The maximum atomic E-state index is 5.49. The van der Waals surface area contributed by atoms with Crippen LogP contribution in [0.1, 0.15) is 28.6 Å². The molecular weight excluding hydrogens is 292 g/mol. The molecule has 0 saturated heterocycles. The molecule has 0 saturated carbocycles. The molecule has 0 unspecified atom stereocenters. The molecule has 0 aliphatic carbocycles. The highest BCUT2D eigenvalue weighted by atomic mass is 16.5. The molecule has 3 aromatic rings. The first kappa shape index (κ1) is 14.0. The SMILES string of the molecule is COc1ccc([C@@H]2NCCc3[nH]cnc32)cc1Cn1cncn1. The topological polar surface area (TPSA) is 80.6 Å². The largest absolute Gasteiger partial charge is 0.496 e. The predicted octanol–water partition coefficient (Wildman–Crippen LogP) is 1.29. The first-order chi connectivity index (χ1) is 11.3. The van der Waals surface area contributed by atoms with E-state index in [0.29, 0.717) is 6.54 Å². The summed E-state index contributed by atoms with van der Waals surface area (Å²) in [6.07, 6.45) is 5.99. The molecule has 1 aromatic carbocycles. The minimum Gasteiger partial charge on any atom is -0.496 e. The van der Waals surface area contributed by atoms with Gasteiger partial charge in [-0.3, -0.25) is 0 Å². The van der Waals surface area contributed by atoms with Gasteiger partial charge in [-0.15, -0.1) is 0 Å². The number of fused-ring (bicyclic) bond motifs is 1. The van der Waals surface area contributed by atoms with Gasteiger partial charge in [0.1, 0.15) is 18.4 Å². The van der Waals surface area contributed by atoms with Crippen molar-refractivity contribution in [3.8, 4) is 5.75 Å². The number of imidazole rings is 1. The van der Waals surface area contributed by atoms with E-state index < -0.39 is 0 Å². The standard InChI is InChI=1S/C16H18N6O/c1-23-14-3-2-11(6-12(14)7-22-10-17-8-21-22)15-16-13(4-5-18-15)19-9-20-16/h2-3,6,8-10,15,18H,4-5,7H2,1H3,(H,19,20)/t15-/m0/s1. The van der Waals surface area contributed by atoms with Crippen LogP contribution in [0.2, 0.25) is 0 Å². The number of aromatic nitrogens is 5. The summed E-state index contributed by atoms with van der Waals surface area (Å²) in [6, 6.07) is 6.35. The lowest BCUT2D eigenvalue weighted by molar-refractivity contribution is 0.406. The number of nitrogens with one attached hydrogen (secondary N) is 2. The maximum absolute atomic E-state index is 5.49. The van der Waals surface area contributed by atoms with E-state index in [1.165, 1.54) is 17.6 Å². The van der Waals surface area contributed by atoms with Crippen LogP contribution >= 0.6 is 0 Å². The lowest BCUT2D eigenvalue weighted by Crippen LogP contribution is -2.30. The first-order valence-electron chi connectivity index (χ1n) is 7.60. The quantitative estimate of drug-likeness (QED) is 0.759. The van der Waals surface area contributed by atoms with Crippen molar-refractivity contribution in [1.29, 1.82) is 0 Å². The minimum atomic E-state index is 0.102. The van der Waals surface area contributed by atoms with Gasteiger partial charge < -0.3 is 15.0 Å². The van der Waals surface area contributed by atoms with Crippen LogP contribution in [-0.2, 0) is 13.0 Å². The number of nitrogens with zero attached hydrogens (tertiary/aromatic N) is 4. The average molecular weight is 310 g/mol. The summed E-state index contributed by atoms with van der Waals surface area (Å²) in [5, 5.41) is 7.72. The number of ether oxygens (including phenoxy) is 1. The van der Waals surface area contributed by atoms with Gasteiger partial charge in [-0.25, -0.2) is 14.6 Å². The van der Waals surface area contributed by atoms with Gasteiger partial charge in [-0.2, -0.15) is 5.10 Å². The number of H-pyrrole nitrogens is 1. The molecule has 0 radical (unpaired) electrons. The van der Waals surface area contributed by atoms with Gasteiger partial charge in [-0.05, 0) is 17.7 Å². The fourth-order valence-electron chi connectivity index (χ4n) is 3.09. The molecule has 2 aromatic heterocycles. The zero-order valence-corrected chi connectivity index (χ0v) is 12.9. The number of aromatic amines is 1. The molecule has 23 heavy (non-hydrogen) atoms. The van der Waals surface area contributed by atoms with Gasteiger partial charge in [0.05, 0.1) is 31.7 Å². The summed E-state index contributed by atoms with van der Waals surface area (Å²) >= 11 is 0. The molecule has 7 heteroatoms. The smallest absolute Gasteiger partial charge is 0.137 e. The Morgan fingerprint density at radius 2 is 2.35 bits per heavy atom. The van der Waals surface area contributed by atoms with Crippen molar-refractivity contribution in [2.75, 3.05) is 13.7 Å². The third-order valence-corrected chi connectivity index (χ3v) is 4.19. The van der Waals surface area contributed by atoms with E-state index in [-0.39, 0.29) is 6.04 Å². The number of methoxy groups -OCH3 is 1. The van der Waals surface area contributed by atoms with Gasteiger partial charge >= 0.3 is 0 Å². The number of rotatable bonds is 4. The summed E-state index contributed by atoms with van der Waals surface area (Å²) in [7, 11) is 1.69. The van der Waals surface area contributed by atoms with Gasteiger partial charge in [0.25, 0.3) is 0 Å². The second kappa shape index (κ2) is 5.85. The van der Waals surface area contributed by atoms with Gasteiger partial charge in [0, 0.05) is 24.2 Å². The van der Waals surface area contributed by atoms with Crippen molar-refractivity contribution in [3.63, 3.8) is 0 Å². The summed E-state index contributed by atoms with van der Waals surface area (Å²) in [4.78, 5) is 11.7. The second-order valence-electron chi connectivity index (χ2n) is 5.57. The molecule has 0 fully saturated rings. The van der Waals surface area contributed by atoms with Crippen LogP contribution < -0.4 is 10.1 Å². The number of hydrogen-bond donors (Lipinski definition) is 2. The molecule has 7 nitrogen and oxygen atoms in total. The van der Waals surface area contributed by atoms with E-state index in [4.69, 9.17) is 4.74 Å². The molecule has 1 atom stereocenters. The van der Waals surface area contributed by atoms with Gasteiger partial charge in [0.15, 0.2) is 0 Å². The minimum absolute atomic E-state index is 0.102. The molecule has 118 valence electrons. The van der Waals surface area contributed by atoms with Crippen molar-refractivity contribution in [3.05, 3.63) is 59.7 Å². The highest BCUT2D eigenvalue weighted by Gasteiger charge is 2.24. The zero-order valence-electron chi connectivity index (χ0n) is 12.9. The van der Waals surface area contributed by atoms with Crippen LogP contribution in [0.3, 0.4) is 0 Å². The van der Waals surface area contributed by atoms with Crippen LogP contribution in [0.5, 0.6) is 5.75 Å². The fourth-order valence-corrected chi connectivity index (χ4v) is 3.09. The molecule has 0 bridgehead atoms. The second-order valence-corrected chi connectivity index (χ2v) is 5.57. The lowest BCUT2D eigenvalue weighted by Gasteiger charge is -2.24. The Morgan fingerprint density at radius 1 is 1.39 bits per heavy atom. The molecule has 4 rings (SSSR count). The monoisotopic (exact) mass is 310 g/mol. The van der Waals surface area contributed by atoms with E-state index >= 15 is 0 Å². The Hall–Kier alpha value is -2.67. The van der Waals surface area contributed by atoms with Gasteiger partial charge in [-0.1, -0.05) is 6.07 Å². The maximum Gasteiger partial charge on any atom is 0.137 e. The Bertz CT molecular complexity index is 795. The molecule has 0 spiro atoms. The third-order valence-electron chi connectivity index (χ3n) is 4.19. The van der Waals surface area contributed by atoms with Crippen molar-refractivity contribution in [2.24, 2.45) is 0 Å². The fraction of sp³-hybridized carbons (Fsp3) is 0.312. The Morgan fingerprint density at radius 3 is 3.17 bits per heavy atom. The van der Waals surface area contributed by atoms with Crippen molar-refractivity contribution < 1.29 is 4.74 Å². The van der Waals surface area contributed by atoms with Crippen LogP contribution in [0.25, 0.3) is 0 Å². The highest BCUT2D eigenvalue weighted by Crippen LogP contribution is 2.30. The van der Waals surface area contributed by atoms with Crippen LogP contribution in [-0.4, -0.2) is 38.4 Å². The average Bonchev–Trinajstić information content (AvgIpc) is 3.25. The van der Waals surface area contributed by atoms with Crippen LogP contribution in [0, 0.1) is 0 Å². The van der Waals surface area contributed by atoms with Gasteiger partial charge in [0.2, 0.25) is 0 Å². The van der Waals surface area contributed by atoms with Crippen molar-refractivity contribution >= 4 is 0 Å². The first-order valence-corrected chi connectivity index (χ1v) is 7.60. The highest BCUT2D eigenvalue weighted by molar-refractivity contribution is 5.41. The summed E-state index contributed by atoms with van der Waals surface area (Å²) in [6.45, 7) is 1.56. The molecule has 0 amide bonds. The number of benzene rings is 1. The number of hydrogen-bond acceptors (Lipinski definition) is 5.